The largest absolute Gasteiger partial charge is 0.467 e. The standard InChI is InChI=1S/C8H10N4O5/c1-4(8(14)17-2)11-3-5(6(9)13)7(10-11)12(15)16/h3-4H,1-2H3,(H2,9,13). The van der Waals surface area contributed by atoms with Crippen LogP contribution in [0.15, 0.2) is 6.20 Å². The fraction of sp³-hybridized carbons (Fsp3) is 0.375. The quantitative estimate of drug-likeness (QED) is 0.435. The number of carbonyl (C=O) groups is 2. The number of amides is 1. The Morgan fingerprint density at radius 1 is 1.65 bits per heavy atom. The number of primary amides is 1. The molecule has 0 bridgehead atoms. The van der Waals surface area contributed by atoms with Crippen molar-refractivity contribution in [3.63, 3.8) is 0 Å². The van der Waals surface area contributed by atoms with Crippen molar-refractivity contribution in [2.24, 2.45) is 5.73 Å². The molecule has 0 spiro atoms. The Morgan fingerprint density at radius 3 is 2.59 bits per heavy atom. The second-order valence-electron chi connectivity index (χ2n) is 3.17. The van der Waals surface area contributed by atoms with Crippen molar-refractivity contribution in [1.29, 1.82) is 0 Å². The highest BCUT2D eigenvalue weighted by Gasteiger charge is 2.29. The third-order valence-electron chi connectivity index (χ3n) is 2.09. The number of hydrogen-bond acceptors (Lipinski definition) is 6. The number of nitrogens with zero attached hydrogens (tertiary/aromatic N) is 3. The number of nitro groups is 1. The van der Waals surface area contributed by atoms with Gasteiger partial charge in [0, 0.05) is 0 Å². The first-order valence-corrected chi connectivity index (χ1v) is 4.49. The molecule has 17 heavy (non-hydrogen) atoms. The molecule has 9 nitrogen and oxygen atoms in total. The maximum Gasteiger partial charge on any atom is 0.402 e. The summed E-state index contributed by atoms with van der Waals surface area (Å²) in [6, 6.07) is -0.883. The van der Waals surface area contributed by atoms with Crippen molar-refractivity contribution in [2.75, 3.05) is 7.11 Å². The van der Waals surface area contributed by atoms with Gasteiger partial charge < -0.3 is 20.6 Å². The molecule has 0 saturated heterocycles. The van der Waals surface area contributed by atoms with Crippen molar-refractivity contribution in [2.45, 2.75) is 13.0 Å². The van der Waals surface area contributed by atoms with E-state index in [1.165, 1.54) is 14.0 Å². The molecule has 0 aliphatic rings. The fourth-order valence-electron chi connectivity index (χ4n) is 1.17. The Morgan fingerprint density at radius 2 is 2.24 bits per heavy atom. The van der Waals surface area contributed by atoms with Crippen LogP contribution in [0.1, 0.15) is 23.3 Å². The monoisotopic (exact) mass is 242 g/mol. The molecule has 0 aliphatic carbocycles. The van der Waals surface area contributed by atoms with Gasteiger partial charge in [-0.3, -0.25) is 4.79 Å². The van der Waals surface area contributed by atoms with E-state index in [2.05, 4.69) is 9.84 Å². The molecule has 1 unspecified atom stereocenters. The summed E-state index contributed by atoms with van der Waals surface area (Å²) in [6.07, 6.45) is 1.04. The van der Waals surface area contributed by atoms with Crippen LogP contribution in [0.2, 0.25) is 0 Å². The van der Waals surface area contributed by atoms with Crippen molar-refractivity contribution in [1.82, 2.24) is 9.78 Å². The number of carbonyl (C=O) groups excluding carboxylic acids is 2. The third-order valence-corrected chi connectivity index (χ3v) is 2.09. The van der Waals surface area contributed by atoms with E-state index < -0.39 is 28.7 Å². The van der Waals surface area contributed by atoms with Crippen LogP contribution in [0.5, 0.6) is 0 Å². The van der Waals surface area contributed by atoms with Crippen LogP contribution in [0.3, 0.4) is 0 Å². The summed E-state index contributed by atoms with van der Waals surface area (Å²) in [5.74, 6) is -2.31. The van der Waals surface area contributed by atoms with Gasteiger partial charge in [0.05, 0.1) is 18.4 Å². The number of hydrogen-bond donors (Lipinski definition) is 1. The lowest BCUT2D eigenvalue weighted by Gasteiger charge is -2.04. The number of nitrogens with two attached hydrogens (primary N) is 1. The molecule has 9 heteroatoms. The third kappa shape index (κ3) is 2.38. The normalized spacial score (nSPS) is 11.9. The van der Waals surface area contributed by atoms with Crippen LogP contribution >= 0.6 is 0 Å². The Balaban J connectivity index is 3.21. The van der Waals surface area contributed by atoms with Crippen molar-refractivity contribution in [3.8, 4) is 0 Å². The van der Waals surface area contributed by atoms with Crippen LogP contribution in [0, 0.1) is 10.1 Å². The first-order chi connectivity index (χ1) is 7.88. The van der Waals surface area contributed by atoms with Gasteiger partial charge in [0.1, 0.15) is 0 Å². The second kappa shape index (κ2) is 4.60. The van der Waals surface area contributed by atoms with Gasteiger partial charge in [-0.1, -0.05) is 0 Å². The predicted octanol–water partition coefficient (Wildman–Crippen LogP) is -0.376. The van der Waals surface area contributed by atoms with E-state index in [1.54, 1.807) is 0 Å². The van der Waals surface area contributed by atoms with Crippen LogP contribution in [0.4, 0.5) is 5.82 Å². The van der Waals surface area contributed by atoms with E-state index in [9.17, 15) is 19.7 Å². The van der Waals surface area contributed by atoms with Crippen LogP contribution in [0.25, 0.3) is 0 Å². The zero-order valence-electron chi connectivity index (χ0n) is 9.11. The van der Waals surface area contributed by atoms with E-state index in [-0.39, 0.29) is 5.56 Å². The molecule has 92 valence electrons. The van der Waals surface area contributed by atoms with Crippen molar-refractivity contribution in [3.05, 3.63) is 21.9 Å². The minimum atomic E-state index is -0.986. The van der Waals surface area contributed by atoms with E-state index in [0.717, 1.165) is 10.9 Å². The van der Waals surface area contributed by atoms with E-state index in [0.29, 0.717) is 0 Å². The average Bonchev–Trinajstić information content (AvgIpc) is 2.71. The molecule has 0 aromatic carbocycles. The predicted molar refractivity (Wildman–Crippen MR) is 54.1 cm³/mol. The molecule has 1 aromatic rings. The van der Waals surface area contributed by atoms with Gasteiger partial charge in [0.2, 0.25) is 0 Å². The summed E-state index contributed by atoms with van der Waals surface area (Å²) in [5.41, 5.74) is 4.61. The number of ether oxygens (including phenoxy) is 1. The van der Waals surface area contributed by atoms with E-state index in [1.807, 2.05) is 0 Å². The van der Waals surface area contributed by atoms with Crippen molar-refractivity contribution >= 4 is 17.7 Å². The van der Waals surface area contributed by atoms with Crippen LogP contribution < -0.4 is 5.73 Å². The lowest BCUT2D eigenvalue weighted by Crippen LogP contribution is -2.18. The van der Waals surface area contributed by atoms with Crippen LogP contribution in [-0.4, -0.2) is 33.7 Å². The van der Waals surface area contributed by atoms with Gasteiger partial charge in [-0.25, -0.2) is 4.79 Å². The molecule has 1 atom stereocenters. The molecule has 0 radical (unpaired) electrons. The Kier molecular flexibility index (Phi) is 3.41. The molecule has 1 amide bonds. The van der Waals surface area contributed by atoms with Gasteiger partial charge in [0.15, 0.2) is 11.6 Å². The highest BCUT2D eigenvalue weighted by atomic mass is 16.6. The summed E-state index contributed by atoms with van der Waals surface area (Å²) in [5, 5.41) is 14.1. The fourth-order valence-corrected chi connectivity index (χ4v) is 1.17. The smallest absolute Gasteiger partial charge is 0.402 e. The molecule has 0 aliphatic heterocycles. The summed E-state index contributed by atoms with van der Waals surface area (Å²) in [7, 11) is 1.17. The summed E-state index contributed by atoms with van der Waals surface area (Å²) in [6.45, 7) is 1.42. The Bertz CT molecular complexity index is 449. The molecule has 1 rings (SSSR count). The minimum absolute atomic E-state index is 0.356. The molecule has 2 N–H and O–H groups in total. The summed E-state index contributed by atoms with van der Waals surface area (Å²) < 4.78 is 5.41. The molecule has 0 fully saturated rings. The highest BCUT2D eigenvalue weighted by molar-refractivity contribution is 5.96. The maximum absolute atomic E-state index is 11.2. The average molecular weight is 242 g/mol. The van der Waals surface area contributed by atoms with E-state index >= 15 is 0 Å². The number of rotatable bonds is 4. The zero-order chi connectivity index (χ0) is 13.2. The minimum Gasteiger partial charge on any atom is -0.467 e. The topological polar surface area (TPSA) is 130 Å². The first-order valence-electron chi connectivity index (χ1n) is 4.49. The van der Waals surface area contributed by atoms with Gasteiger partial charge in [-0.05, 0) is 11.8 Å². The summed E-state index contributed by atoms with van der Waals surface area (Å²) in [4.78, 5) is 31.9. The van der Waals surface area contributed by atoms with Gasteiger partial charge >= 0.3 is 11.8 Å². The zero-order valence-corrected chi connectivity index (χ0v) is 9.11. The SMILES string of the molecule is COC(=O)C(C)n1cc(C(N)=O)c([N+](=O)[O-])n1. The van der Waals surface area contributed by atoms with Gasteiger partial charge in [-0.15, -0.1) is 0 Å². The Labute approximate surface area is 95.3 Å². The first kappa shape index (κ1) is 12.6. The Hall–Kier alpha value is -2.45. The van der Waals surface area contributed by atoms with Gasteiger partial charge in [0.25, 0.3) is 5.91 Å². The lowest BCUT2D eigenvalue weighted by molar-refractivity contribution is -0.390. The highest BCUT2D eigenvalue weighted by Crippen LogP contribution is 2.18. The lowest BCUT2D eigenvalue weighted by atomic mass is 10.3. The number of esters is 1. The second-order valence-corrected chi connectivity index (χ2v) is 3.17. The summed E-state index contributed by atoms with van der Waals surface area (Å²) >= 11 is 0. The van der Waals surface area contributed by atoms with Crippen LogP contribution in [-0.2, 0) is 9.53 Å². The molecule has 0 saturated carbocycles. The molecule has 1 heterocycles. The van der Waals surface area contributed by atoms with E-state index in [4.69, 9.17) is 5.73 Å². The molecule has 1 aromatic heterocycles. The number of methoxy groups -OCH3 is 1. The van der Waals surface area contributed by atoms with Gasteiger partial charge in [-0.2, -0.15) is 4.68 Å². The maximum atomic E-state index is 11.2. The molecular formula is C8H10N4O5. The molecular weight excluding hydrogens is 232 g/mol. The van der Waals surface area contributed by atoms with Crippen molar-refractivity contribution < 1.29 is 19.2 Å². The number of aromatic nitrogens is 2.